The lowest BCUT2D eigenvalue weighted by molar-refractivity contribution is 0.875. The molecule has 3 aromatic rings. The van der Waals surface area contributed by atoms with Crippen LogP contribution in [0.4, 0.5) is 5.82 Å². The van der Waals surface area contributed by atoms with Crippen LogP contribution in [0.2, 0.25) is 10.3 Å². The minimum absolute atomic E-state index is 0.0196. The average Bonchev–Trinajstić information content (AvgIpc) is 2.86. The van der Waals surface area contributed by atoms with E-state index < -0.39 is 0 Å². The Balaban J connectivity index is 1.94. The molecule has 0 radical (unpaired) electrons. The number of benzene rings is 1. The first-order valence-electron chi connectivity index (χ1n) is 6.02. The van der Waals surface area contributed by atoms with Crippen LogP contribution in [-0.2, 0) is 0 Å². The Kier molecular flexibility index (Phi) is 3.46. The normalized spacial score (nSPS) is 12.6. The van der Waals surface area contributed by atoms with E-state index in [1.54, 1.807) is 6.33 Å². The fraction of sp³-hybridized carbons (Fsp3) is 0.154. The molecule has 0 aliphatic heterocycles. The van der Waals surface area contributed by atoms with Crippen LogP contribution >= 0.6 is 23.2 Å². The number of hydrogen-bond donors (Lipinski definition) is 2. The molecule has 1 unspecified atom stereocenters. The predicted molar refractivity (Wildman–Crippen MR) is 80.2 cm³/mol. The number of halogens is 2. The van der Waals surface area contributed by atoms with Crippen molar-refractivity contribution in [1.82, 2.24) is 19.9 Å². The van der Waals surface area contributed by atoms with Crippen molar-refractivity contribution < 1.29 is 0 Å². The molecular formula is C13H11Cl2N5. The Morgan fingerprint density at radius 2 is 2.10 bits per heavy atom. The summed E-state index contributed by atoms with van der Waals surface area (Å²) in [7, 11) is 0. The van der Waals surface area contributed by atoms with Crippen molar-refractivity contribution in [3.63, 3.8) is 0 Å². The fourth-order valence-electron chi connectivity index (χ4n) is 1.98. The summed E-state index contributed by atoms with van der Waals surface area (Å²) in [5.74, 6) is 0.616. The third-order valence-corrected chi connectivity index (χ3v) is 3.36. The summed E-state index contributed by atoms with van der Waals surface area (Å²) in [5, 5.41) is 4.15. The van der Waals surface area contributed by atoms with Gasteiger partial charge in [-0.25, -0.2) is 4.98 Å². The zero-order valence-corrected chi connectivity index (χ0v) is 12.1. The van der Waals surface area contributed by atoms with Gasteiger partial charge in [0.15, 0.2) is 11.5 Å². The number of fused-ring (bicyclic) bond motifs is 1. The summed E-state index contributed by atoms with van der Waals surface area (Å²) in [5.41, 5.74) is 2.31. The minimum Gasteiger partial charge on any atom is -0.362 e. The van der Waals surface area contributed by atoms with E-state index in [2.05, 4.69) is 25.3 Å². The molecule has 20 heavy (non-hydrogen) atoms. The highest BCUT2D eigenvalue weighted by atomic mass is 35.5. The van der Waals surface area contributed by atoms with Crippen LogP contribution in [0.1, 0.15) is 18.5 Å². The lowest BCUT2D eigenvalue weighted by atomic mass is 10.1. The molecule has 0 spiro atoms. The summed E-state index contributed by atoms with van der Waals surface area (Å²) in [6.07, 6.45) is 1.56. The van der Waals surface area contributed by atoms with E-state index in [0.29, 0.717) is 16.5 Å². The topological polar surface area (TPSA) is 66.5 Å². The number of hydrogen-bond acceptors (Lipinski definition) is 4. The molecule has 0 aliphatic rings. The predicted octanol–water partition coefficient (Wildman–Crippen LogP) is 3.83. The molecule has 2 heterocycles. The quantitative estimate of drug-likeness (QED) is 0.722. The molecule has 5 nitrogen and oxygen atoms in total. The van der Waals surface area contributed by atoms with Crippen LogP contribution in [0.3, 0.4) is 0 Å². The summed E-state index contributed by atoms with van der Waals surface area (Å²) in [6.45, 7) is 2.02. The van der Waals surface area contributed by atoms with Crippen LogP contribution in [0.25, 0.3) is 11.2 Å². The molecule has 1 atom stereocenters. The highest BCUT2D eigenvalue weighted by Gasteiger charge is 2.12. The van der Waals surface area contributed by atoms with E-state index in [1.165, 1.54) is 0 Å². The molecule has 1 aromatic carbocycles. The monoisotopic (exact) mass is 307 g/mol. The first-order chi connectivity index (χ1) is 9.63. The maximum Gasteiger partial charge on any atom is 0.226 e. The molecule has 0 bridgehead atoms. The van der Waals surface area contributed by atoms with Gasteiger partial charge in [0.2, 0.25) is 5.28 Å². The number of nitrogens with one attached hydrogen (secondary N) is 2. The van der Waals surface area contributed by atoms with Crippen LogP contribution in [0.5, 0.6) is 0 Å². The summed E-state index contributed by atoms with van der Waals surface area (Å²) >= 11 is 11.9. The number of imidazole rings is 1. The lowest BCUT2D eigenvalue weighted by Gasteiger charge is -2.15. The summed E-state index contributed by atoms with van der Waals surface area (Å²) in [6, 6.07) is 7.68. The van der Waals surface area contributed by atoms with Gasteiger partial charge in [0.25, 0.3) is 0 Å². The Morgan fingerprint density at radius 3 is 2.90 bits per heavy atom. The Bertz CT molecular complexity index is 755. The lowest BCUT2D eigenvalue weighted by Crippen LogP contribution is -2.09. The van der Waals surface area contributed by atoms with E-state index >= 15 is 0 Å². The molecular weight excluding hydrogens is 297 g/mol. The molecule has 0 saturated carbocycles. The Hall–Kier alpha value is -1.85. The summed E-state index contributed by atoms with van der Waals surface area (Å²) < 4.78 is 0. The molecule has 0 saturated heterocycles. The number of aromatic amines is 1. The van der Waals surface area contributed by atoms with Gasteiger partial charge in [-0.1, -0.05) is 23.7 Å². The van der Waals surface area contributed by atoms with Crippen molar-refractivity contribution >= 4 is 40.2 Å². The van der Waals surface area contributed by atoms with Crippen LogP contribution in [-0.4, -0.2) is 19.9 Å². The van der Waals surface area contributed by atoms with Crippen LogP contribution < -0.4 is 5.32 Å². The first-order valence-corrected chi connectivity index (χ1v) is 6.77. The van der Waals surface area contributed by atoms with Gasteiger partial charge in [-0.15, -0.1) is 0 Å². The Morgan fingerprint density at radius 1 is 1.25 bits per heavy atom. The van der Waals surface area contributed by atoms with Gasteiger partial charge in [-0.3, -0.25) is 0 Å². The number of anilines is 1. The number of nitrogens with zero attached hydrogens (tertiary/aromatic N) is 3. The van der Waals surface area contributed by atoms with E-state index in [1.807, 2.05) is 31.2 Å². The minimum atomic E-state index is 0.0196. The number of aromatic nitrogens is 4. The molecule has 2 N–H and O–H groups in total. The molecule has 7 heteroatoms. The van der Waals surface area contributed by atoms with Crippen molar-refractivity contribution in [2.45, 2.75) is 13.0 Å². The van der Waals surface area contributed by atoms with Crippen molar-refractivity contribution in [2.24, 2.45) is 0 Å². The smallest absolute Gasteiger partial charge is 0.226 e. The molecule has 3 rings (SSSR count). The highest BCUT2D eigenvalue weighted by molar-refractivity contribution is 6.30. The van der Waals surface area contributed by atoms with Gasteiger partial charge in [0.1, 0.15) is 5.52 Å². The van der Waals surface area contributed by atoms with Gasteiger partial charge in [0, 0.05) is 5.02 Å². The third kappa shape index (κ3) is 2.55. The van der Waals surface area contributed by atoms with E-state index in [4.69, 9.17) is 23.2 Å². The second-order valence-electron chi connectivity index (χ2n) is 4.36. The number of H-pyrrole nitrogens is 1. The standard InChI is InChI=1S/C13H11Cl2N5/c1-7(8-3-2-4-9(14)5-8)18-12-10-11(17-6-16-10)19-13(15)20-12/h2-7H,1H3,(H2,16,17,18,19,20). The van der Waals surface area contributed by atoms with E-state index in [0.717, 1.165) is 11.1 Å². The molecule has 0 amide bonds. The maximum absolute atomic E-state index is 6.00. The third-order valence-electron chi connectivity index (χ3n) is 2.96. The highest BCUT2D eigenvalue weighted by Crippen LogP contribution is 2.25. The van der Waals surface area contributed by atoms with Crippen molar-refractivity contribution in [1.29, 1.82) is 0 Å². The zero-order chi connectivity index (χ0) is 14.1. The largest absolute Gasteiger partial charge is 0.362 e. The summed E-state index contributed by atoms with van der Waals surface area (Å²) in [4.78, 5) is 15.3. The molecule has 0 aliphatic carbocycles. The Labute approximate surface area is 125 Å². The van der Waals surface area contributed by atoms with E-state index in [9.17, 15) is 0 Å². The van der Waals surface area contributed by atoms with Crippen molar-refractivity contribution in [2.75, 3.05) is 5.32 Å². The van der Waals surface area contributed by atoms with Gasteiger partial charge in [-0.2, -0.15) is 9.97 Å². The number of rotatable bonds is 3. The van der Waals surface area contributed by atoms with E-state index in [-0.39, 0.29) is 11.3 Å². The van der Waals surface area contributed by atoms with Gasteiger partial charge >= 0.3 is 0 Å². The zero-order valence-electron chi connectivity index (χ0n) is 10.6. The van der Waals surface area contributed by atoms with Gasteiger partial charge in [-0.05, 0) is 36.2 Å². The molecule has 2 aromatic heterocycles. The SMILES string of the molecule is CC(Nc1nc(Cl)nc2nc[nH]c12)c1cccc(Cl)c1. The second kappa shape index (κ2) is 5.26. The molecule has 0 fully saturated rings. The average molecular weight is 308 g/mol. The first kappa shape index (κ1) is 13.1. The fourth-order valence-corrected chi connectivity index (χ4v) is 2.34. The van der Waals surface area contributed by atoms with Gasteiger partial charge in [0.05, 0.1) is 12.4 Å². The van der Waals surface area contributed by atoms with Gasteiger partial charge < -0.3 is 10.3 Å². The van der Waals surface area contributed by atoms with Crippen LogP contribution in [0.15, 0.2) is 30.6 Å². The second-order valence-corrected chi connectivity index (χ2v) is 5.14. The van der Waals surface area contributed by atoms with Crippen molar-refractivity contribution in [3.8, 4) is 0 Å². The maximum atomic E-state index is 6.00. The van der Waals surface area contributed by atoms with Crippen LogP contribution in [0, 0.1) is 0 Å². The van der Waals surface area contributed by atoms with Crippen molar-refractivity contribution in [3.05, 3.63) is 46.5 Å². The molecule has 102 valence electrons.